The Bertz CT molecular complexity index is 1160. The van der Waals surface area contributed by atoms with Gasteiger partial charge in [0.2, 0.25) is 0 Å². The van der Waals surface area contributed by atoms with Crippen molar-refractivity contribution >= 4 is 57.7 Å². The summed E-state index contributed by atoms with van der Waals surface area (Å²) >= 11 is 14.2. The van der Waals surface area contributed by atoms with Gasteiger partial charge in [0.15, 0.2) is 11.5 Å². The lowest BCUT2D eigenvalue weighted by atomic mass is 10.2. The summed E-state index contributed by atoms with van der Waals surface area (Å²) in [6, 6.07) is 15.2. The first-order valence-corrected chi connectivity index (χ1v) is 11.0. The molecule has 3 aromatic rings. The fourth-order valence-electron chi connectivity index (χ4n) is 2.71. The summed E-state index contributed by atoms with van der Waals surface area (Å²) in [7, 11) is 1.55. The van der Waals surface area contributed by atoms with E-state index in [2.05, 4.69) is 27.7 Å². The van der Waals surface area contributed by atoms with Crippen LogP contribution >= 0.6 is 45.8 Å². The number of rotatable bonds is 9. The predicted octanol–water partition coefficient (Wildman–Crippen LogP) is 6.64. The molecular formula is C22H17Cl2IN2O5. The number of methoxy groups -OCH3 is 1. The van der Waals surface area contributed by atoms with E-state index in [0.29, 0.717) is 33.7 Å². The molecule has 0 fully saturated rings. The predicted molar refractivity (Wildman–Crippen MR) is 132 cm³/mol. The zero-order valence-corrected chi connectivity index (χ0v) is 20.4. The summed E-state index contributed by atoms with van der Waals surface area (Å²) in [5, 5.41) is 15.7. The molecule has 0 saturated carbocycles. The molecule has 10 heteroatoms. The molecule has 0 aromatic heterocycles. The molecule has 0 amide bonds. The van der Waals surface area contributed by atoms with Crippen LogP contribution < -0.4 is 9.47 Å². The molecule has 3 rings (SSSR count). The second-order valence-electron chi connectivity index (χ2n) is 6.51. The van der Waals surface area contributed by atoms with Crippen LogP contribution in [0.1, 0.15) is 16.7 Å². The minimum absolute atomic E-state index is 0.00540. The van der Waals surface area contributed by atoms with E-state index in [1.807, 2.05) is 12.1 Å². The summed E-state index contributed by atoms with van der Waals surface area (Å²) in [6.07, 6.45) is 1.53. The fourth-order valence-corrected chi connectivity index (χ4v) is 3.81. The van der Waals surface area contributed by atoms with Crippen LogP contribution in [0.3, 0.4) is 0 Å². The van der Waals surface area contributed by atoms with Gasteiger partial charge in [-0.2, -0.15) is 0 Å². The van der Waals surface area contributed by atoms with Gasteiger partial charge in [-0.3, -0.25) is 10.1 Å². The second kappa shape index (κ2) is 11.3. The van der Waals surface area contributed by atoms with Crippen LogP contribution in [0.15, 0.2) is 59.8 Å². The van der Waals surface area contributed by atoms with Gasteiger partial charge in [-0.25, -0.2) is 0 Å². The van der Waals surface area contributed by atoms with E-state index < -0.39 is 4.92 Å². The highest BCUT2D eigenvalue weighted by Gasteiger charge is 2.12. The molecule has 0 atom stereocenters. The number of hydrogen-bond acceptors (Lipinski definition) is 6. The quantitative estimate of drug-likeness (QED) is 0.121. The molecular weight excluding hydrogens is 570 g/mol. The number of oxime groups is 1. The SMILES string of the molecule is COc1cc(/C=N\OCc2cccc([N+](=O)[O-])c2)cc(I)c1OCc1ccc(Cl)c(Cl)c1. The standard InChI is InChI=1S/C22H17Cl2IN2O5/c1-30-21-10-16(11-26-32-13-14-3-2-4-17(7-14)27(28)29)9-20(25)22(21)31-12-15-5-6-18(23)19(24)8-15/h2-11H,12-13H2,1H3/b26-11-. The minimum atomic E-state index is -0.452. The summed E-state index contributed by atoms with van der Waals surface area (Å²) < 4.78 is 12.2. The lowest BCUT2D eigenvalue weighted by Crippen LogP contribution is -2.01. The largest absolute Gasteiger partial charge is 0.493 e. The van der Waals surface area contributed by atoms with Gasteiger partial charge in [-0.15, -0.1) is 0 Å². The summed E-state index contributed by atoms with van der Waals surface area (Å²) in [6.45, 7) is 0.403. The number of halogens is 3. The number of nitro groups is 1. The summed E-state index contributed by atoms with van der Waals surface area (Å²) in [5.74, 6) is 1.13. The van der Waals surface area contributed by atoms with E-state index in [9.17, 15) is 10.1 Å². The van der Waals surface area contributed by atoms with E-state index in [1.54, 1.807) is 37.4 Å². The molecule has 3 aromatic carbocycles. The Kier molecular flexibility index (Phi) is 8.54. The Morgan fingerprint density at radius 2 is 1.84 bits per heavy atom. The van der Waals surface area contributed by atoms with Crippen molar-refractivity contribution in [3.05, 3.63) is 95.0 Å². The average molecular weight is 587 g/mol. The number of nitrogens with zero attached hydrogens (tertiary/aromatic N) is 2. The van der Waals surface area contributed by atoms with Gasteiger partial charge in [0.1, 0.15) is 13.2 Å². The first kappa shape index (κ1) is 24.1. The molecule has 0 saturated heterocycles. The highest BCUT2D eigenvalue weighted by atomic mass is 127. The van der Waals surface area contributed by atoms with Gasteiger partial charge in [-0.1, -0.05) is 46.6 Å². The van der Waals surface area contributed by atoms with Crippen molar-refractivity contribution < 1.29 is 19.2 Å². The number of ether oxygens (including phenoxy) is 2. The van der Waals surface area contributed by atoms with Gasteiger partial charge >= 0.3 is 0 Å². The maximum atomic E-state index is 10.8. The topological polar surface area (TPSA) is 83.2 Å². The van der Waals surface area contributed by atoms with E-state index in [1.165, 1.54) is 18.3 Å². The first-order valence-electron chi connectivity index (χ1n) is 9.20. The Hall–Kier alpha value is -2.56. The molecule has 0 bridgehead atoms. The van der Waals surface area contributed by atoms with Crippen LogP contribution in [0.5, 0.6) is 11.5 Å². The highest BCUT2D eigenvalue weighted by molar-refractivity contribution is 14.1. The summed E-state index contributed by atoms with van der Waals surface area (Å²) in [4.78, 5) is 15.7. The Morgan fingerprint density at radius 3 is 2.56 bits per heavy atom. The van der Waals surface area contributed by atoms with E-state index in [4.69, 9.17) is 37.5 Å². The molecule has 0 radical (unpaired) electrons. The van der Waals surface area contributed by atoms with Crippen molar-refractivity contribution in [1.29, 1.82) is 0 Å². The molecule has 0 spiro atoms. The van der Waals surface area contributed by atoms with Gasteiger partial charge < -0.3 is 14.3 Å². The van der Waals surface area contributed by atoms with E-state index >= 15 is 0 Å². The van der Waals surface area contributed by atoms with Crippen molar-refractivity contribution in [3.63, 3.8) is 0 Å². The van der Waals surface area contributed by atoms with Gasteiger partial charge in [0.05, 0.1) is 31.9 Å². The average Bonchev–Trinajstić information content (AvgIpc) is 2.78. The number of benzene rings is 3. The van der Waals surface area contributed by atoms with Crippen molar-refractivity contribution in [2.45, 2.75) is 13.2 Å². The van der Waals surface area contributed by atoms with Crippen LogP contribution in [0.2, 0.25) is 10.0 Å². The monoisotopic (exact) mass is 586 g/mol. The third-order valence-corrected chi connectivity index (χ3v) is 5.79. The number of hydrogen-bond donors (Lipinski definition) is 0. The molecule has 0 aliphatic heterocycles. The maximum absolute atomic E-state index is 10.8. The second-order valence-corrected chi connectivity index (χ2v) is 8.48. The Balaban J connectivity index is 1.65. The first-order chi connectivity index (χ1) is 15.4. The van der Waals surface area contributed by atoms with Crippen molar-refractivity contribution in [1.82, 2.24) is 0 Å². The fraction of sp³-hybridized carbons (Fsp3) is 0.136. The molecule has 7 nitrogen and oxygen atoms in total. The molecule has 0 aliphatic rings. The zero-order valence-electron chi connectivity index (χ0n) is 16.8. The third kappa shape index (κ3) is 6.47. The zero-order chi connectivity index (χ0) is 23.1. The van der Waals surface area contributed by atoms with Crippen molar-refractivity contribution in [3.8, 4) is 11.5 Å². The molecule has 0 unspecified atom stereocenters. The van der Waals surface area contributed by atoms with Crippen molar-refractivity contribution in [2.24, 2.45) is 5.16 Å². The van der Waals surface area contributed by atoms with Crippen LogP contribution in [0, 0.1) is 13.7 Å². The van der Waals surface area contributed by atoms with Crippen LogP contribution in [-0.2, 0) is 18.1 Å². The summed E-state index contributed by atoms with van der Waals surface area (Å²) in [5.41, 5.74) is 2.27. The lowest BCUT2D eigenvalue weighted by molar-refractivity contribution is -0.384. The Labute approximate surface area is 208 Å². The highest BCUT2D eigenvalue weighted by Crippen LogP contribution is 2.34. The molecule has 166 valence electrons. The number of nitro benzene ring substituents is 1. The van der Waals surface area contributed by atoms with Gasteiger partial charge in [0, 0.05) is 17.7 Å². The third-order valence-electron chi connectivity index (χ3n) is 4.25. The number of non-ortho nitro benzene ring substituents is 1. The van der Waals surface area contributed by atoms with Crippen LogP contribution in [-0.4, -0.2) is 18.2 Å². The van der Waals surface area contributed by atoms with Crippen LogP contribution in [0.4, 0.5) is 5.69 Å². The smallest absolute Gasteiger partial charge is 0.269 e. The molecule has 0 heterocycles. The van der Waals surface area contributed by atoms with Gasteiger partial charge in [-0.05, 0) is 58.0 Å². The van der Waals surface area contributed by atoms with Crippen LogP contribution in [0.25, 0.3) is 0 Å². The van der Waals surface area contributed by atoms with Gasteiger partial charge in [0.25, 0.3) is 5.69 Å². The molecule has 32 heavy (non-hydrogen) atoms. The van der Waals surface area contributed by atoms with Crippen molar-refractivity contribution in [2.75, 3.05) is 7.11 Å². The lowest BCUT2D eigenvalue weighted by Gasteiger charge is -2.14. The molecule has 0 N–H and O–H groups in total. The van der Waals surface area contributed by atoms with E-state index in [-0.39, 0.29) is 12.3 Å². The Morgan fingerprint density at radius 1 is 1.06 bits per heavy atom. The maximum Gasteiger partial charge on any atom is 0.269 e. The van der Waals surface area contributed by atoms with E-state index in [0.717, 1.165) is 14.7 Å². The normalized spacial score (nSPS) is 10.9. The minimum Gasteiger partial charge on any atom is -0.493 e. The molecule has 0 aliphatic carbocycles.